The number of hydrogen-bond acceptors (Lipinski definition) is 4. The van der Waals surface area contributed by atoms with Crippen LogP contribution in [-0.2, 0) is 24.2 Å². The summed E-state index contributed by atoms with van der Waals surface area (Å²) in [5, 5.41) is 14.7. The minimum atomic E-state index is 0. The van der Waals surface area contributed by atoms with Crippen molar-refractivity contribution < 1.29 is 4.74 Å². The fraction of sp³-hybridized carbons (Fsp3) is 0.471. The first-order valence-electron chi connectivity index (χ1n) is 8.25. The number of aryl methyl sites for hydroxylation is 1. The van der Waals surface area contributed by atoms with Crippen molar-refractivity contribution in [2.75, 3.05) is 26.8 Å². The Morgan fingerprint density at radius 2 is 1.96 bits per heavy atom. The van der Waals surface area contributed by atoms with E-state index in [2.05, 4.69) is 49.4 Å². The lowest BCUT2D eigenvalue weighted by molar-refractivity contribution is 0.203. The maximum absolute atomic E-state index is 5.08. The predicted molar refractivity (Wildman–Crippen MR) is 110 cm³/mol. The molecule has 138 valence electrons. The molecule has 0 spiro atoms. The van der Waals surface area contributed by atoms with E-state index in [1.54, 1.807) is 13.4 Å². The number of hydrogen-bond donors (Lipinski definition) is 2. The number of nitrogens with zero attached hydrogens (tertiary/aromatic N) is 4. The van der Waals surface area contributed by atoms with Gasteiger partial charge >= 0.3 is 0 Å². The summed E-state index contributed by atoms with van der Waals surface area (Å²) in [7, 11) is 1.69. The SMILES string of the molecule is CCc1nncn1CCNC(=NCc1ccccc1)NCCOC.I. The number of guanidine groups is 1. The van der Waals surface area contributed by atoms with Gasteiger partial charge in [0.1, 0.15) is 12.2 Å². The van der Waals surface area contributed by atoms with E-state index in [4.69, 9.17) is 4.74 Å². The Balaban J connectivity index is 0.00000312. The second-order valence-corrected chi connectivity index (χ2v) is 5.29. The van der Waals surface area contributed by atoms with Crippen molar-refractivity contribution in [1.82, 2.24) is 25.4 Å². The molecule has 7 nitrogen and oxygen atoms in total. The Kier molecular flexibility index (Phi) is 10.8. The van der Waals surface area contributed by atoms with Crippen LogP contribution in [0, 0.1) is 0 Å². The maximum atomic E-state index is 5.08. The van der Waals surface area contributed by atoms with E-state index in [0.29, 0.717) is 19.7 Å². The number of aliphatic imine (C=N–C) groups is 1. The maximum Gasteiger partial charge on any atom is 0.191 e. The van der Waals surface area contributed by atoms with Gasteiger partial charge in [-0.1, -0.05) is 37.3 Å². The zero-order valence-electron chi connectivity index (χ0n) is 14.8. The molecule has 0 fully saturated rings. The highest BCUT2D eigenvalue weighted by molar-refractivity contribution is 14.0. The topological polar surface area (TPSA) is 76.4 Å². The third kappa shape index (κ3) is 7.82. The van der Waals surface area contributed by atoms with Gasteiger partial charge in [0.15, 0.2) is 5.96 Å². The third-order valence-corrected chi connectivity index (χ3v) is 3.52. The van der Waals surface area contributed by atoms with E-state index in [0.717, 1.165) is 31.3 Å². The number of benzene rings is 1. The van der Waals surface area contributed by atoms with Crippen molar-refractivity contribution in [2.45, 2.75) is 26.4 Å². The summed E-state index contributed by atoms with van der Waals surface area (Å²) in [6, 6.07) is 10.2. The number of halogens is 1. The van der Waals surface area contributed by atoms with E-state index in [9.17, 15) is 0 Å². The molecule has 0 aliphatic rings. The van der Waals surface area contributed by atoms with Crippen molar-refractivity contribution in [3.63, 3.8) is 0 Å². The van der Waals surface area contributed by atoms with Crippen molar-refractivity contribution in [3.05, 3.63) is 48.0 Å². The summed E-state index contributed by atoms with van der Waals surface area (Å²) >= 11 is 0. The minimum Gasteiger partial charge on any atom is -0.383 e. The van der Waals surface area contributed by atoms with Crippen LogP contribution in [0.15, 0.2) is 41.7 Å². The van der Waals surface area contributed by atoms with Crippen LogP contribution in [0.25, 0.3) is 0 Å². The number of methoxy groups -OCH3 is 1. The molecule has 0 saturated carbocycles. The van der Waals surface area contributed by atoms with E-state index in [-0.39, 0.29) is 24.0 Å². The zero-order valence-corrected chi connectivity index (χ0v) is 17.1. The average molecular weight is 458 g/mol. The van der Waals surface area contributed by atoms with Crippen LogP contribution in [0.3, 0.4) is 0 Å². The first kappa shape index (κ1) is 21.4. The highest BCUT2D eigenvalue weighted by atomic mass is 127. The molecule has 1 aromatic heterocycles. The number of nitrogens with one attached hydrogen (secondary N) is 2. The molecule has 0 aliphatic carbocycles. The normalized spacial score (nSPS) is 11.0. The van der Waals surface area contributed by atoms with E-state index >= 15 is 0 Å². The number of ether oxygens (including phenoxy) is 1. The Hall–Kier alpha value is -1.68. The molecular formula is C17H27IN6O. The molecule has 2 aromatic rings. The quantitative estimate of drug-likeness (QED) is 0.260. The van der Waals surface area contributed by atoms with Gasteiger partial charge in [0, 0.05) is 33.2 Å². The monoisotopic (exact) mass is 458 g/mol. The molecule has 2 rings (SSSR count). The Labute approximate surface area is 166 Å². The Morgan fingerprint density at radius 1 is 1.20 bits per heavy atom. The van der Waals surface area contributed by atoms with E-state index < -0.39 is 0 Å². The highest BCUT2D eigenvalue weighted by Gasteiger charge is 2.02. The van der Waals surface area contributed by atoms with E-state index in [1.807, 2.05) is 18.2 Å². The molecule has 0 aliphatic heterocycles. The van der Waals surface area contributed by atoms with Crippen molar-refractivity contribution in [3.8, 4) is 0 Å². The van der Waals surface area contributed by atoms with Gasteiger partial charge in [-0.15, -0.1) is 34.2 Å². The summed E-state index contributed by atoms with van der Waals surface area (Å²) in [6.45, 7) is 5.61. The second kappa shape index (κ2) is 12.6. The fourth-order valence-corrected chi connectivity index (χ4v) is 2.23. The van der Waals surface area contributed by atoms with E-state index in [1.165, 1.54) is 5.56 Å². The van der Waals surface area contributed by atoms with Crippen LogP contribution < -0.4 is 10.6 Å². The van der Waals surface area contributed by atoms with Crippen molar-refractivity contribution in [2.24, 2.45) is 4.99 Å². The largest absolute Gasteiger partial charge is 0.383 e. The van der Waals surface area contributed by atoms with Crippen LogP contribution in [0.1, 0.15) is 18.3 Å². The van der Waals surface area contributed by atoms with Crippen LogP contribution in [-0.4, -0.2) is 47.5 Å². The van der Waals surface area contributed by atoms with Gasteiger partial charge < -0.3 is 19.9 Å². The van der Waals surface area contributed by atoms with Gasteiger partial charge in [-0.25, -0.2) is 4.99 Å². The van der Waals surface area contributed by atoms with Crippen LogP contribution in [0.2, 0.25) is 0 Å². The van der Waals surface area contributed by atoms with Crippen molar-refractivity contribution in [1.29, 1.82) is 0 Å². The smallest absolute Gasteiger partial charge is 0.191 e. The van der Waals surface area contributed by atoms with Gasteiger partial charge in [0.2, 0.25) is 0 Å². The lowest BCUT2D eigenvalue weighted by Gasteiger charge is -2.13. The molecule has 25 heavy (non-hydrogen) atoms. The number of aromatic nitrogens is 3. The summed E-state index contributed by atoms with van der Waals surface area (Å²) < 4.78 is 7.14. The highest BCUT2D eigenvalue weighted by Crippen LogP contribution is 2.00. The molecule has 0 radical (unpaired) electrons. The van der Waals surface area contributed by atoms with Gasteiger partial charge in [-0.3, -0.25) is 0 Å². The van der Waals surface area contributed by atoms with Gasteiger partial charge in [-0.05, 0) is 5.56 Å². The minimum absolute atomic E-state index is 0. The summed E-state index contributed by atoms with van der Waals surface area (Å²) in [5.74, 6) is 1.77. The first-order valence-corrected chi connectivity index (χ1v) is 8.25. The first-order chi connectivity index (χ1) is 11.8. The van der Waals surface area contributed by atoms with Crippen molar-refractivity contribution >= 4 is 29.9 Å². The van der Waals surface area contributed by atoms with Gasteiger partial charge in [0.25, 0.3) is 0 Å². The molecule has 1 heterocycles. The standard InChI is InChI=1S/C17H26N6O.HI/c1-3-16-22-21-14-23(16)11-9-18-17(19-10-12-24-2)20-13-15-7-5-4-6-8-15;/h4-8,14H,3,9-13H2,1-2H3,(H2,18,19,20);1H. The van der Waals surface area contributed by atoms with Crippen LogP contribution >= 0.6 is 24.0 Å². The molecular weight excluding hydrogens is 431 g/mol. The third-order valence-electron chi connectivity index (χ3n) is 3.52. The zero-order chi connectivity index (χ0) is 17.0. The molecule has 0 saturated heterocycles. The molecule has 2 N–H and O–H groups in total. The fourth-order valence-electron chi connectivity index (χ4n) is 2.23. The average Bonchev–Trinajstić information content (AvgIpc) is 3.08. The summed E-state index contributed by atoms with van der Waals surface area (Å²) in [4.78, 5) is 4.63. The lowest BCUT2D eigenvalue weighted by atomic mass is 10.2. The predicted octanol–water partition coefficient (Wildman–Crippen LogP) is 1.84. The molecule has 1 aromatic carbocycles. The molecule has 0 unspecified atom stereocenters. The van der Waals surface area contributed by atoms with Crippen LogP contribution in [0.4, 0.5) is 0 Å². The molecule has 0 atom stereocenters. The van der Waals surface area contributed by atoms with Gasteiger partial charge in [-0.2, -0.15) is 0 Å². The summed E-state index contributed by atoms with van der Waals surface area (Å²) in [6.07, 6.45) is 2.64. The van der Waals surface area contributed by atoms with Gasteiger partial charge in [0.05, 0.1) is 13.2 Å². The second-order valence-electron chi connectivity index (χ2n) is 5.29. The molecule has 8 heteroatoms. The number of rotatable bonds is 9. The lowest BCUT2D eigenvalue weighted by Crippen LogP contribution is -2.40. The Morgan fingerprint density at radius 3 is 2.68 bits per heavy atom. The Bertz CT molecular complexity index is 617. The molecule has 0 bridgehead atoms. The van der Waals surface area contributed by atoms with Crippen LogP contribution in [0.5, 0.6) is 0 Å². The summed E-state index contributed by atoms with van der Waals surface area (Å²) in [5.41, 5.74) is 1.18. The molecule has 0 amide bonds.